The molecule has 0 saturated heterocycles. The summed E-state index contributed by atoms with van der Waals surface area (Å²) in [6.07, 6.45) is 4.09. The summed E-state index contributed by atoms with van der Waals surface area (Å²) >= 11 is 0. The fourth-order valence-electron chi connectivity index (χ4n) is 1.80. The molecule has 0 aliphatic carbocycles. The molecule has 0 aliphatic rings. The number of carbonyl (C=O) groups is 1. The van der Waals surface area contributed by atoms with Crippen LogP contribution in [0.15, 0.2) is 24.3 Å². The van der Waals surface area contributed by atoms with Crippen LogP contribution >= 0.6 is 0 Å². The van der Waals surface area contributed by atoms with E-state index in [-0.39, 0.29) is 11.9 Å². The van der Waals surface area contributed by atoms with Gasteiger partial charge in [0, 0.05) is 11.6 Å². The Kier molecular flexibility index (Phi) is 7.01. The second kappa shape index (κ2) is 8.57. The van der Waals surface area contributed by atoms with E-state index in [1.807, 2.05) is 24.3 Å². The van der Waals surface area contributed by atoms with Crippen molar-refractivity contribution >= 4 is 5.91 Å². The van der Waals surface area contributed by atoms with Crippen molar-refractivity contribution in [2.24, 2.45) is 0 Å². The standard InChI is InChI=1S/C16H25NO2/c1-4-7-12-19-15-10-8-13(9-11-15)16(18)17-14(5-2)6-3/h8-11,14H,4-7,12H2,1-3H3,(H,17,18). The van der Waals surface area contributed by atoms with Crippen molar-refractivity contribution in [3.8, 4) is 5.75 Å². The Morgan fingerprint density at radius 3 is 2.32 bits per heavy atom. The Bertz CT molecular complexity index is 369. The van der Waals surface area contributed by atoms with Gasteiger partial charge in [-0.25, -0.2) is 0 Å². The Labute approximate surface area is 116 Å². The molecule has 19 heavy (non-hydrogen) atoms. The molecule has 0 fully saturated rings. The zero-order valence-corrected chi connectivity index (χ0v) is 12.2. The van der Waals surface area contributed by atoms with Gasteiger partial charge in [-0.2, -0.15) is 0 Å². The molecule has 0 aromatic heterocycles. The van der Waals surface area contributed by atoms with Gasteiger partial charge >= 0.3 is 0 Å². The lowest BCUT2D eigenvalue weighted by atomic mass is 10.1. The largest absolute Gasteiger partial charge is 0.494 e. The average Bonchev–Trinajstić information content (AvgIpc) is 2.45. The molecule has 0 spiro atoms. The number of benzene rings is 1. The van der Waals surface area contributed by atoms with Crippen molar-refractivity contribution in [1.29, 1.82) is 0 Å². The lowest BCUT2D eigenvalue weighted by Crippen LogP contribution is -2.33. The predicted molar refractivity (Wildman–Crippen MR) is 78.7 cm³/mol. The van der Waals surface area contributed by atoms with E-state index in [9.17, 15) is 4.79 Å². The Morgan fingerprint density at radius 2 is 1.79 bits per heavy atom. The summed E-state index contributed by atoms with van der Waals surface area (Å²) in [6.45, 7) is 7.03. The summed E-state index contributed by atoms with van der Waals surface area (Å²) in [6, 6.07) is 7.61. The maximum Gasteiger partial charge on any atom is 0.251 e. The van der Waals surface area contributed by atoms with Gasteiger partial charge in [-0.15, -0.1) is 0 Å². The molecule has 0 bridgehead atoms. The van der Waals surface area contributed by atoms with Crippen LogP contribution in [0.2, 0.25) is 0 Å². The molecule has 0 atom stereocenters. The second-order valence-electron chi connectivity index (χ2n) is 4.71. The number of rotatable bonds is 8. The topological polar surface area (TPSA) is 38.3 Å². The summed E-state index contributed by atoms with van der Waals surface area (Å²) < 4.78 is 5.57. The molecule has 106 valence electrons. The van der Waals surface area contributed by atoms with E-state index in [1.54, 1.807) is 0 Å². The highest BCUT2D eigenvalue weighted by molar-refractivity contribution is 5.94. The number of hydrogen-bond donors (Lipinski definition) is 1. The van der Waals surface area contributed by atoms with Gasteiger partial charge in [0.1, 0.15) is 5.75 Å². The number of carbonyl (C=O) groups excluding carboxylic acids is 1. The highest BCUT2D eigenvalue weighted by atomic mass is 16.5. The van der Waals surface area contributed by atoms with Gasteiger partial charge in [0.25, 0.3) is 5.91 Å². The number of ether oxygens (including phenoxy) is 1. The van der Waals surface area contributed by atoms with Crippen LogP contribution in [0, 0.1) is 0 Å². The Morgan fingerprint density at radius 1 is 1.16 bits per heavy atom. The zero-order valence-electron chi connectivity index (χ0n) is 12.2. The van der Waals surface area contributed by atoms with Gasteiger partial charge in [-0.05, 0) is 43.5 Å². The van der Waals surface area contributed by atoms with E-state index in [4.69, 9.17) is 4.74 Å². The minimum atomic E-state index is -0.00573. The minimum Gasteiger partial charge on any atom is -0.494 e. The summed E-state index contributed by atoms with van der Waals surface area (Å²) in [5.41, 5.74) is 0.690. The molecule has 0 heterocycles. The third kappa shape index (κ3) is 5.33. The zero-order chi connectivity index (χ0) is 14.1. The first-order chi connectivity index (χ1) is 9.21. The van der Waals surface area contributed by atoms with Crippen molar-refractivity contribution in [3.05, 3.63) is 29.8 Å². The molecule has 0 unspecified atom stereocenters. The van der Waals surface area contributed by atoms with E-state index in [0.29, 0.717) is 5.56 Å². The molecule has 1 N–H and O–H groups in total. The van der Waals surface area contributed by atoms with Crippen LogP contribution in [0.3, 0.4) is 0 Å². The third-order valence-corrected chi connectivity index (χ3v) is 3.20. The summed E-state index contributed by atoms with van der Waals surface area (Å²) in [5.74, 6) is 0.821. The van der Waals surface area contributed by atoms with Gasteiger partial charge in [-0.1, -0.05) is 27.2 Å². The van der Waals surface area contributed by atoms with Crippen LogP contribution in [-0.2, 0) is 0 Å². The second-order valence-corrected chi connectivity index (χ2v) is 4.71. The number of nitrogens with one attached hydrogen (secondary N) is 1. The summed E-state index contributed by atoms with van der Waals surface area (Å²) in [5, 5.41) is 3.02. The first kappa shape index (κ1) is 15.5. The molecular formula is C16H25NO2. The van der Waals surface area contributed by atoms with E-state index in [0.717, 1.165) is 38.0 Å². The lowest BCUT2D eigenvalue weighted by molar-refractivity contribution is 0.0935. The number of amides is 1. The fourth-order valence-corrected chi connectivity index (χ4v) is 1.80. The van der Waals surface area contributed by atoms with Gasteiger partial charge in [0.05, 0.1) is 6.61 Å². The highest BCUT2D eigenvalue weighted by Gasteiger charge is 2.10. The normalized spacial score (nSPS) is 10.5. The molecule has 0 radical (unpaired) electrons. The van der Waals surface area contributed by atoms with E-state index in [1.165, 1.54) is 0 Å². The van der Waals surface area contributed by atoms with Crippen LogP contribution in [0.5, 0.6) is 5.75 Å². The first-order valence-electron chi connectivity index (χ1n) is 7.24. The molecule has 1 rings (SSSR count). The van der Waals surface area contributed by atoms with E-state index in [2.05, 4.69) is 26.1 Å². The fraction of sp³-hybridized carbons (Fsp3) is 0.562. The predicted octanol–water partition coefficient (Wildman–Crippen LogP) is 3.78. The number of unbranched alkanes of at least 4 members (excludes halogenated alkanes) is 1. The van der Waals surface area contributed by atoms with Gasteiger partial charge in [0.15, 0.2) is 0 Å². The van der Waals surface area contributed by atoms with Crippen LogP contribution in [0.1, 0.15) is 56.8 Å². The van der Waals surface area contributed by atoms with Crippen LogP contribution in [-0.4, -0.2) is 18.6 Å². The molecule has 3 heteroatoms. The van der Waals surface area contributed by atoms with Crippen LogP contribution < -0.4 is 10.1 Å². The molecule has 0 saturated carbocycles. The van der Waals surface area contributed by atoms with Crippen LogP contribution in [0.25, 0.3) is 0 Å². The lowest BCUT2D eigenvalue weighted by Gasteiger charge is -2.14. The molecule has 3 nitrogen and oxygen atoms in total. The monoisotopic (exact) mass is 263 g/mol. The van der Waals surface area contributed by atoms with Crippen molar-refractivity contribution in [1.82, 2.24) is 5.32 Å². The van der Waals surface area contributed by atoms with Gasteiger partial charge in [-0.3, -0.25) is 4.79 Å². The third-order valence-electron chi connectivity index (χ3n) is 3.20. The minimum absolute atomic E-state index is 0.00573. The molecule has 1 aromatic rings. The molecule has 0 aliphatic heterocycles. The average molecular weight is 263 g/mol. The molecular weight excluding hydrogens is 238 g/mol. The maximum atomic E-state index is 12.0. The Balaban J connectivity index is 2.52. The SMILES string of the molecule is CCCCOc1ccc(C(=O)NC(CC)CC)cc1. The summed E-state index contributed by atoms with van der Waals surface area (Å²) in [7, 11) is 0. The van der Waals surface area contributed by atoms with Crippen molar-refractivity contribution < 1.29 is 9.53 Å². The molecule has 1 amide bonds. The van der Waals surface area contributed by atoms with Gasteiger partial charge in [0.2, 0.25) is 0 Å². The van der Waals surface area contributed by atoms with Crippen molar-refractivity contribution in [2.75, 3.05) is 6.61 Å². The number of hydrogen-bond acceptors (Lipinski definition) is 2. The van der Waals surface area contributed by atoms with Crippen molar-refractivity contribution in [3.63, 3.8) is 0 Å². The highest BCUT2D eigenvalue weighted by Crippen LogP contribution is 2.13. The van der Waals surface area contributed by atoms with E-state index >= 15 is 0 Å². The van der Waals surface area contributed by atoms with Crippen molar-refractivity contribution in [2.45, 2.75) is 52.5 Å². The quantitative estimate of drug-likeness (QED) is 0.725. The Hall–Kier alpha value is -1.51. The maximum absolute atomic E-state index is 12.0. The van der Waals surface area contributed by atoms with E-state index < -0.39 is 0 Å². The molecule has 1 aromatic carbocycles. The van der Waals surface area contributed by atoms with Gasteiger partial charge < -0.3 is 10.1 Å². The first-order valence-corrected chi connectivity index (χ1v) is 7.24. The summed E-state index contributed by atoms with van der Waals surface area (Å²) in [4.78, 5) is 12.0. The van der Waals surface area contributed by atoms with Crippen LogP contribution in [0.4, 0.5) is 0 Å². The smallest absolute Gasteiger partial charge is 0.251 e.